The molecular weight excluding hydrogens is 400 g/mol. The highest BCUT2D eigenvalue weighted by Crippen LogP contribution is 2.25. The molecule has 2 aromatic carbocycles. The monoisotopic (exact) mass is 412 g/mol. The largest absolute Gasteiger partial charge is 0.455 e. The molecule has 2 amide bonds. The molecule has 0 bridgehead atoms. The fraction of sp³-hybridized carbons (Fsp3) is 0. The van der Waals surface area contributed by atoms with Gasteiger partial charge in [0.2, 0.25) is 0 Å². The Morgan fingerprint density at radius 1 is 1.07 bits per heavy atom. The van der Waals surface area contributed by atoms with Gasteiger partial charge in [-0.15, -0.1) is 0 Å². The summed E-state index contributed by atoms with van der Waals surface area (Å²) in [6.45, 7) is 0. The minimum Gasteiger partial charge on any atom is -0.455 e. The number of carbonyl (C=O) groups is 2. The summed E-state index contributed by atoms with van der Waals surface area (Å²) < 4.78 is 5.52. The maximum Gasteiger partial charge on any atom is 0.329 e. The number of furan rings is 1. The van der Waals surface area contributed by atoms with Gasteiger partial charge < -0.3 is 9.73 Å². The Kier molecular flexibility index (Phi) is 6.00. The van der Waals surface area contributed by atoms with Crippen LogP contribution in [0.2, 0.25) is 5.02 Å². The van der Waals surface area contributed by atoms with Gasteiger partial charge in [0.25, 0.3) is 5.69 Å². The van der Waals surface area contributed by atoms with Crippen LogP contribution in [0.25, 0.3) is 11.3 Å². The van der Waals surface area contributed by atoms with Crippen LogP contribution in [0.1, 0.15) is 5.76 Å². The van der Waals surface area contributed by atoms with E-state index in [0.29, 0.717) is 22.0 Å². The van der Waals surface area contributed by atoms with Crippen LogP contribution in [0.15, 0.2) is 70.2 Å². The maximum atomic E-state index is 11.8. The zero-order valence-electron chi connectivity index (χ0n) is 14.7. The minimum atomic E-state index is -0.980. The number of amides is 2. The van der Waals surface area contributed by atoms with Crippen LogP contribution in [0, 0.1) is 10.1 Å². The van der Waals surface area contributed by atoms with E-state index in [1.54, 1.807) is 42.5 Å². The van der Waals surface area contributed by atoms with Gasteiger partial charge in [-0.25, -0.2) is 5.43 Å². The molecule has 0 radical (unpaired) electrons. The second-order valence-electron chi connectivity index (χ2n) is 5.67. The van der Waals surface area contributed by atoms with E-state index in [-0.39, 0.29) is 11.4 Å². The van der Waals surface area contributed by atoms with Gasteiger partial charge in [-0.1, -0.05) is 29.8 Å². The van der Waals surface area contributed by atoms with Crippen LogP contribution in [0.3, 0.4) is 0 Å². The van der Waals surface area contributed by atoms with Crippen LogP contribution >= 0.6 is 11.6 Å². The van der Waals surface area contributed by atoms with E-state index in [2.05, 4.69) is 15.8 Å². The molecule has 9 nitrogen and oxygen atoms in total. The first-order valence-electron chi connectivity index (χ1n) is 8.17. The Labute approximate surface area is 169 Å². The Hall–Kier alpha value is -3.98. The van der Waals surface area contributed by atoms with E-state index in [9.17, 15) is 19.7 Å². The van der Waals surface area contributed by atoms with Crippen molar-refractivity contribution in [2.24, 2.45) is 5.10 Å². The van der Waals surface area contributed by atoms with Gasteiger partial charge in [0.15, 0.2) is 0 Å². The first-order valence-corrected chi connectivity index (χ1v) is 8.55. The van der Waals surface area contributed by atoms with Crippen LogP contribution in [-0.2, 0) is 9.59 Å². The summed E-state index contributed by atoms with van der Waals surface area (Å²) in [5.74, 6) is -1.23. The Morgan fingerprint density at radius 2 is 1.86 bits per heavy atom. The number of nitro benzene ring substituents is 1. The molecule has 146 valence electrons. The van der Waals surface area contributed by atoms with E-state index in [1.165, 1.54) is 24.4 Å². The third-order valence-corrected chi connectivity index (χ3v) is 3.85. The zero-order valence-corrected chi connectivity index (χ0v) is 15.4. The van der Waals surface area contributed by atoms with Crippen molar-refractivity contribution in [2.45, 2.75) is 0 Å². The van der Waals surface area contributed by atoms with Crippen LogP contribution in [0.4, 0.5) is 11.4 Å². The lowest BCUT2D eigenvalue weighted by molar-refractivity contribution is -0.384. The molecule has 0 unspecified atom stereocenters. The lowest BCUT2D eigenvalue weighted by Gasteiger charge is -2.03. The highest BCUT2D eigenvalue weighted by molar-refractivity contribution is 6.39. The predicted molar refractivity (Wildman–Crippen MR) is 107 cm³/mol. The molecule has 2 N–H and O–H groups in total. The highest BCUT2D eigenvalue weighted by atomic mass is 35.5. The molecule has 0 fully saturated rings. The van der Waals surface area contributed by atoms with Crippen molar-refractivity contribution in [3.8, 4) is 11.3 Å². The first-order chi connectivity index (χ1) is 13.9. The molecule has 0 saturated heterocycles. The smallest absolute Gasteiger partial charge is 0.329 e. The minimum absolute atomic E-state index is 0.0629. The average molecular weight is 413 g/mol. The number of rotatable bonds is 5. The van der Waals surface area contributed by atoms with Crippen molar-refractivity contribution in [1.82, 2.24) is 5.43 Å². The SMILES string of the molecule is O=C(NN=Cc1ccc(-c2cccc([N+](=O)[O-])c2)o1)C(=O)Nc1cccc(Cl)c1. The fourth-order valence-corrected chi connectivity index (χ4v) is 2.50. The zero-order chi connectivity index (χ0) is 20.8. The molecule has 0 spiro atoms. The molecule has 10 heteroatoms. The van der Waals surface area contributed by atoms with E-state index < -0.39 is 16.7 Å². The number of anilines is 1. The lowest BCUT2D eigenvalue weighted by atomic mass is 10.1. The maximum absolute atomic E-state index is 11.8. The number of nitrogens with zero attached hydrogens (tertiary/aromatic N) is 2. The summed E-state index contributed by atoms with van der Waals surface area (Å²) in [5.41, 5.74) is 2.90. The van der Waals surface area contributed by atoms with Crippen molar-refractivity contribution >= 4 is 41.0 Å². The van der Waals surface area contributed by atoms with Crippen molar-refractivity contribution in [3.05, 3.63) is 81.6 Å². The second kappa shape index (κ2) is 8.81. The van der Waals surface area contributed by atoms with Crippen LogP contribution in [-0.4, -0.2) is 23.0 Å². The molecule has 3 aromatic rings. The summed E-state index contributed by atoms with van der Waals surface area (Å²) in [6, 6.07) is 15.5. The summed E-state index contributed by atoms with van der Waals surface area (Å²) in [7, 11) is 0. The van der Waals surface area contributed by atoms with E-state index in [4.69, 9.17) is 16.0 Å². The molecule has 0 atom stereocenters. The third kappa shape index (κ3) is 5.27. The lowest BCUT2D eigenvalue weighted by Crippen LogP contribution is -2.32. The molecule has 3 rings (SSSR count). The summed E-state index contributed by atoms with van der Waals surface area (Å²) in [4.78, 5) is 34.0. The van der Waals surface area contributed by atoms with Gasteiger partial charge in [0.05, 0.1) is 11.1 Å². The number of carbonyl (C=O) groups excluding carboxylic acids is 2. The molecule has 1 heterocycles. The quantitative estimate of drug-likeness (QED) is 0.286. The molecule has 29 heavy (non-hydrogen) atoms. The van der Waals surface area contributed by atoms with Gasteiger partial charge in [-0.05, 0) is 30.3 Å². The van der Waals surface area contributed by atoms with E-state index in [0.717, 1.165) is 0 Å². The number of hydrogen-bond donors (Lipinski definition) is 2. The number of non-ortho nitro benzene ring substituents is 1. The van der Waals surface area contributed by atoms with Gasteiger partial charge >= 0.3 is 11.8 Å². The molecule has 0 saturated carbocycles. The Bertz CT molecular complexity index is 1110. The Morgan fingerprint density at radius 3 is 2.62 bits per heavy atom. The normalized spacial score (nSPS) is 10.7. The number of nitro groups is 1. The van der Waals surface area contributed by atoms with Gasteiger partial charge in [0.1, 0.15) is 11.5 Å². The van der Waals surface area contributed by atoms with E-state index >= 15 is 0 Å². The molecule has 0 aliphatic heterocycles. The summed E-state index contributed by atoms with van der Waals surface area (Å²) >= 11 is 5.81. The number of hydrazone groups is 1. The number of halogens is 1. The third-order valence-electron chi connectivity index (χ3n) is 3.61. The van der Waals surface area contributed by atoms with Crippen molar-refractivity contribution in [3.63, 3.8) is 0 Å². The molecule has 0 aliphatic rings. The molecule has 0 aliphatic carbocycles. The molecule has 1 aromatic heterocycles. The van der Waals surface area contributed by atoms with E-state index in [1.807, 2.05) is 0 Å². The topological polar surface area (TPSA) is 127 Å². The number of benzene rings is 2. The fourth-order valence-electron chi connectivity index (χ4n) is 2.31. The summed E-state index contributed by atoms with van der Waals surface area (Å²) in [6.07, 6.45) is 1.20. The second-order valence-corrected chi connectivity index (χ2v) is 6.11. The standard InChI is InChI=1S/C19H13ClN4O5/c20-13-4-2-5-14(10-13)22-18(25)19(26)23-21-11-16-7-8-17(29-16)12-3-1-6-15(9-12)24(27)28/h1-11H,(H,22,25)(H,23,26). The molecular formula is C19H13ClN4O5. The predicted octanol–water partition coefficient (Wildman–Crippen LogP) is 3.60. The van der Waals surface area contributed by atoms with Crippen molar-refractivity contribution < 1.29 is 18.9 Å². The average Bonchev–Trinajstić information content (AvgIpc) is 3.17. The van der Waals surface area contributed by atoms with Crippen LogP contribution in [0.5, 0.6) is 0 Å². The number of nitrogens with one attached hydrogen (secondary N) is 2. The number of hydrogen-bond acceptors (Lipinski definition) is 6. The highest BCUT2D eigenvalue weighted by Gasteiger charge is 2.13. The van der Waals surface area contributed by atoms with Crippen molar-refractivity contribution in [1.29, 1.82) is 0 Å². The summed E-state index contributed by atoms with van der Waals surface area (Å²) in [5, 5.41) is 17.3. The van der Waals surface area contributed by atoms with Gasteiger partial charge in [-0.2, -0.15) is 5.10 Å². The first kappa shape index (κ1) is 19.8. The van der Waals surface area contributed by atoms with Gasteiger partial charge in [-0.3, -0.25) is 19.7 Å². The van der Waals surface area contributed by atoms with Crippen molar-refractivity contribution in [2.75, 3.05) is 5.32 Å². The van der Waals surface area contributed by atoms with Gasteiger partial charge in [0, 0.05) is 28.4 Å². The Balaban J connectivity index is 1.59. The van der Waals surface area contributed by atoms with Crippen LogP contribution < -0.4 is 10.7 Å².